The molecular formula is C23H22N6O2. The topological polar surface area (TPSA) is 89.9 Å². The molecule has 1 saturated heterocycles. The molecular weight excluding hydrogens is 392 g/mol. The van der Waals surface area contributed by atoms with Gasteiger partial charge in [0.15, 0.2) is 11.5 Å². The number of hydrogen-bond acceptors (Lipinski definition) is 7. The summed E-state index contributed by atoms with van der Waals surface area (Å²) in [5.74, 6) is 2.65. The minimum Gasteiger partial charge on any atom is -0.371 e. The molecule has 1 saturated carbocycles. The lowest BCUT2D eigenvalue weighted by Crippen LogP contribution is -2.23. The predicted octanol–water partition coefficient (Wildman–Crippen LogP) is 2.69. The summed E-state index contributed by atoms with van der Waals surface area (Å²) in [6, 6.07) is 10.5. The fourth-order valence-corrected chi connectivity index (χ4v) is 4.90. The molecule has 1 aromatic carbocycles. The zero-order valence-electron chi connectivity index (χ0n) is 17.4. The summed E-state index contributed by atoms with van der Waals surface area (Å²) in [6.07, 6.45) is 3.15. The average Bonchev–Trinajstić information content (AvgIpc) is 3.09. The Bertz CT molecular complexity index is 1350. The Kier molecular flexibility index (Phi) is 3.96. The summed E-state index contributed by atoms with van der Waals surface area (Å²) < 4.78 is 6.98. The van der Waals surface area contributed by atoms with E-state index >= 15 is 0 Å². The van der Waals surface area contributed by atoms with Gasteiger partial charge in [0.2, 0.25) is 5.89 Å². The van der Waals surface area contributed by atoms with Crippen molar-refractivity contribution in [2.24, 2.45) is 11.8 Å². The normalized spacial score (nSPS) is 22.1. The maximum atomic E-state index is 12.8. The van der Waals surface area contributed by atoms with Gasteiger partial charge in [-0.1, -0.05) is 17.3 Å². The highest BCUT2D eigenvalue weighted by Gasteiger charge is 2.58. The molecule has 4 aromatic rings. The highest BCUT2D eigenvalue weighted by Crippen LogP contribution is 2.57. The van der Waals surface area contributed by atoms with Crippen LogP contribution in [0, 0.1) is 25.7 Å². The first kappa shape index (κ1) is 18.2. The van der Waals surface area contributed by atoms with Crippen LogP contribution >= 0.6 is 0 Å². The van der Waals surface area contributed by atoms with E-state index in [1.54, 1.807) is 6.20 Å². The Balaban J connectivity index is 1.18. The number of hydrogen-bond donors (Lipinski definition) is 0. The Morgan fingerprint density at radius 3 is 2.77 bits per heavy atom. The highest BCUT2D eigenvalue weighted by molar-refractivity contribution is 5.76. The second-order valence-electron chi connectivity index (χ2n) is 8.65. The van der Waals surface area contributed by atoms with Gasteiger partial charge in [-0.3, -0.25) is 9.36 Å². The van der Waals surface area contributed by atoms with Crippen LogP contribution in [0.2, 0.25) is 0 Å². The summed E-state index contributed by atoms with van der Waals surface area (Å²) in [6.45, 7) is 6.25. The molecule has 1 unspecified atom stereocenters. The van der Waals surface area contributed by atoms with Crippen LogP contribution < -0.4 is 10.5 Å². The Morgan fingerprint density at radius 2 is 1.97 bits per heavy atom. The number of fused-ring (bicyclic) bond motifs is 2. The van der Waals surface area contributed by atoms with Gasteiger partial charge in [0.25, 0.3) is 5.56 Å². The van der Waals surface area contributed by atoms with E-state index in [1.807, 2.05) is 13.0 Å². The van der Waals surface area contributed by atoms with Crippen molar-refractivity contribution in [3.63, 3.8) is 0 Å². The van der Waals surface area contributed by atoms with E-state index in [0.29, 0.717) is 34.7 Å². The Hall–Kier alpha value is -3.55. The number of rotatable bonds is 4. The minimum atomic E-state index is -0.146. The van der Waals surface area contributed by atoms with Crippen molar-refractivity contribution >= 4 is 16.7 Å². The summed E-state index contributed by atoms with van der Waals surface area (Å²) in [5, 5.41) is 4.75. The third-order valence-electron chi connectivity index (χ3n) is 6.58. The van der Waals surface area contributed by atoms with Gasteiger partial charge in [-0.15, -0.1) is 0 Å². The summed E-state index contributed by atoms with van der Waals surface area (Å²) in [7, 11) is 0. The molecule has 0 spiro atoms. The third-order valence-corrected chi connectivity index (χ3v) is 6.58. The second-order valence-corrected chi connectivity index (χ2v) is 8.65. The van der Waals surface area contributed by atoms with Crippen molar-refractivity contribution in [2.75, 3.05) is 18.0 Å². The number of aryl methyl sites for hydroxylation is 2. The van der Waals surface area contributed by atoms with Gasteiger partial charge in [-0.2, -0.15) is 4.98 Å². The van der Waals surface area contributed by atoms with Gasteiger partial charge >= 0.3 is 0 Å². The zero-order valence-corrected chi connectivity index (χ0v) is 17.4. The van der Waals surface area contributed by atoms with Crippen LogP contribution in [0.15, 0.2) is 52.2 Å². The number of piperidine rings is 1. The molecule has 0 bridgehead atoms. The second kappa shape index (κ2) is 6.73. The molecule has 8 heteroatoms. The van der Waals surface area contributed by atoms with Gasteiger partial charge in [0.05, 0.1) is 5.39 Å². The fourth-order valence-electron chi connectivity index (χ4n) is 4.90. The van der Waals surface area contributed by atoms with Crippen LogP contribution in [-0.2, 0) is 6.54 Å². The fraction of sp³-hybridized carbons (Fsp3) is 0.348. The van der Waals surface area contributed by atoms with E-state index in [4.69, 9.17) is 4.52 Å². The molecule has 4 heterocycles. The SMILES string of the molecule is Cc1cccc(N2C[C@@H]3C(c4noc(Cn5cnc6nccc(C)c6c5=O)n4)[C@@H]3C2)c1. The predicted molar refractivity (Wildman–Crippen MR) is 115 cm³/mol. The Morgan fingerprint density at radius 1 is 1.13 bits per heavy atom. The van der Waals surface area contributed by atoms with Crippen LogP contribution in [0.4, 0.5) is 5.69 Å². The van der Waals surface area contributed by atoms with Crippen molar-refractivity contribution in [1.29, 1.82) is 0 Å². The van der Waals surface area contributed by atoms with E-state index in [9.17, 15) is 4.79 Å². The van der Waals surface area contributed by atoms with Crippen molar-refractivity contribution in [2.45, 2.75) is 26.3 Å². The molecule has 8 nitrogen and oxygen atoms in total. The molecule has 31 heavy (non-hydrogen) atoms. The lowest BCUT2D eigenvalue weighted by atomic mass is 10.2. The lowest BCUT2D eigenvalue weighted by Gasteiger charge is -2.21. The minimum absolute atomic E-state index is 0.146. The van der Waals surface area contributed by atoms with Gasteiger partial charge in [-0.25, -0.2) is 9.97 Å². The smallest absolute Gasteiger partial charge is 0.263 e. The van der Waals surface area contributed by atoms with E-state index in [-0.39, 0.29) is 12.1 Å². The first-order valence-corrected chi connectivity index (χ1v) is 10.5. The molecule has 2 aliphatic rings. The van der Waals surface area contributed by atoms with Crippen LogP contribution in [0.25, 0.3) is 11.0 Å². The molecule has 156 valence electrons. The van der Waals surface area contributed by atoms with Gasteiger partial charge in [-0.05, 0) is 55.0 Å². The Labute approximate surface area is 178 Å². The van der Waals surface area contributed by atoms with Gasteiger partial charge < -0.3 is 9.42 Å². The van der Waals surface area contributed by atoms with E-state index in [0.717, 1.165) is 24.5 Å². The van der Waals surface area contributed by atoms with Crippen molar-refractivity contribution in [3.8, 4) is 0 Å². The first-order valence-electron chi connectivity index (χ1n) is 10.5. The summed E-state index contributed by atoms with van der Waals surface area (Å²) in [4.78, 5) is 28.4. The van der Waals surface area contributed by atoms with Crippen molar-refractivity contribution in [1.82, 2.24) is 24.7 Å². The quantitative estimate of drug-likeness (QED) is 0.507. The average molecular weight is 414 g/mol. The zero-order chi connectivity index (χ0) is 21.1. The molecule has 0 radical (unpaired) electrons. The number of nitrogens with zero attached hydrogens (tertiary/aromatic N) is 6. The molecule has 1 aliphatic heterocycles. The van der Waals surface area contributed by atoms with Crippen LogP contribution in [-0.4, -0.2) is 37.8 Å². The maximum absolute atomic E-state index is 12.8. The molecule has 6 rings (SSSR count). The third kappa shape index (κ3) is 3.01. The van der Waals surface area contributed by atoms with E-state index in [1.165, 1.54) is 22.1 Å². The number of aromatic nitrogens is 5. The highest BCUT2D eigenvalue weighted by atomic mass is 16.5. The van der Waals surface area contributed by atoms with Crippen LogP contribution in [0.1, 0.15) is 28.8 Å². The van der Waals surface area contributed by atoms with Crippen molar-refractivity contribution in [3.05, 3.63) is 76.1 Å². The number of pyridine rings is 1. The monoisotopic (exact) mass is 414 g/mol. The van der Waals surface area contributed by atoms with E-state index < -0.39 is 0 Å². The standard InChI is InChI=1S/C23H22N6O2/c1-13-4-3-5-15(8-13)28-9-16-17(10-28)20(16)22-26-18(31-27-22)11-29-12-25-21-19(23(29)30)14(2)6-7-24-21/h3-8,12,16-17,20H,9-11H2,1-2H3/t16-,17+,20?. The molecule has 2 fully saturated rings. The van der Waals surface area contributed by atoms with Crippen molar-refractivity contribution < 1.29 is 4.52 Å². The van der Waals surface area contributed by atoms with Crippen LogP contribution in [0.3, 0.4) is 0 Å². The largest absolute Gasteiger partial charge is 0.371 e. The van der Waals surface area contributed by atoms with E-state index in [2.05, 4.69) is 56.2 Å². The maximum Gasteiger partial charge on any atom is 0.263 e. The van der Waals surface area contributed by atoms with Gasteiger partial charge in [0.1, 0.15) is 12.9 Å². The number of anilines is 1. The summed E-state index contributed by atoms with van der Waals surface area (Å²) >= 11 is 0. The molecule has 3 aromatic heterocycles. The first-order chi connectivity index (χ1) is 15.1. The summed E-state index contributed by atoms with van der Waals surface area (Å²) in [5.41, 5.74) is 3.73. The van der Waals surface area contributed by atoms with Crippen LogP contribution in [0.5, 0.6) is 0 Å². The molecule has 0 amide bonds. The van der Waals surface area contributed by atoms with Gasteiger partial charge in [0, 0.05) is 30.9 Å². The molecule has 0 N–H and O–H groups in total. The molecule has 1 aliphatic carbocycles. The number of benzene rings is 1. The lowest BCUT2D eigenvalue weighted by molar-refractivity contribution is 0.363. The molecule has 3 atom stereocenters.